The molecule has 0 unspecified atom stereocenters. The lowest BCUT2D eigenvalue weighted by Gasteiger charge is -2.11. The molecule has 0 saturated heterocycles. The Kier molecular flexibility index (Phi) is 3.76. The van der Waals surface area contributed by atoms with Gasteiger partial charge in [-0.1, -0.05) is 12.1 Å². The van der Waals surface area contributed by atoms with Crippen molar-refractivity contribution in [2.24, 2.45) is 5.92 Å². The molecule has 2 rings (SSSR count). The molecule has 6 heteroatoms. The first kappa shape index (κ1) is 12.3. The summed E-state index contributed by atoms with van der Waals surface area (Å²) in [6, 6.07) is 3.64. The van der Waals surface area contributed by atoms with Crippen LogP contribution in [0.5, 0.6) is 0 Å². The smallest absolute Gasteiger partial charge is 0.225 e. The number of carbonyl (C=O) groups excluding carboxylic acids is 1. The highest BCUT2D eigenvalue weighted by Gasteiger charge is 2.14. The average molecular weight is 248 g/mol. The predicted molar refractivity (Wildman–Crippen MR) is 64.5 cm³/mol. The maximum Gasteiger partial charge on any atom is 0.225 e. The Bertz CT molecular complexity index is 504. The predicted octanol–water partition coefficient (Wildman–Crippen LogP) is 1.13. The second-order valence-corrected chi connectivity index (χ2v) is 4.28. The Balaban J connectivity index is 1.80. The van der Waals surface area contributed by atoms with E-state index in [1.807, 2.05) is 26.1 Å². The fraction of sp³-hybridized carbons (Fsp3) is 0.417. The number of aryl methyl sites for hydroxylation is 1. The molecule has 2 heterocycles. The number of carbonyl (C=O) groups is 1. The number of nitrogens with zero attached hydrogens (tertiary/aromatic N) is 3. The third-order valence-electron chi connectivity index (χ3n) is 2.58. The summed E-state index contributed by atoms with van der Waals surface area (Å²) in [5.74, 6) is 0.487. The van der Waals surface area contributed by atoms with E-state index in [4.69, 9.17) is 4.52 Å². The van der Waals surface area contributed by atoms with E-state index in [9.17, 15) is 4.79 Å². The van der Waals surface area contributed by atoms with Crippen LogP contribution in [0.1, 0.15) is 18.4 Å². The number of aromatic nitrogens is 3. The summed E-state index contributed by atoms with van der Waals surface area (Å²) in [4.78, 5) is 11.8. The molecule has 0 radical (unpaired) electrons. The molecular weight excluding hydrogens is 232 g/mol. The zero-order valence-electron chi connectivity index (χ0n) is 10.5. The highest BCUT2D eigenvalue weighted by molar-refractivity contribution is 5.78. The molecular formula is C12H16N4O2. The standard InChI is InChI=1S/C12H16N4O2/c1-9(8-16-5-3-4-14-16)12(17)13-7-11-6-10(2)15-18-11/h3-6,9H,7-8H2,1-2H3,(H,13,17)/t9-/m1/s1. The van der Waals surface area contributed by atoms with Crippen molar-refractivity contribution in [2.45, 2.75) is 26.9 Å². The van der Waals surface area contributed by atoms with Crippen LogP contribution in [-0.4, -0.2) is 20.8 Å². The summed E-state index contributed by atoms with van der Waals surface area (Å²) in [6.45, 7) is 4.63. The van der Waals surface area contributed by atoms with E-state index in [-0.39, 0.29) is 11.8 Å². The number of rotatable bonds is 5. The van der Waals surface area contributed by atoms with E-state index in [1.165, 1.54) is 0 Å². The minimum Gasteiger partial charge on any atom is -0.359 e. The van der Waals surface area contributed by atoms with Crippen LogP contribution in [0, 0.1) is 12.8 Å². The van der Waals surface area contributed by atoms with E-state index >= 15 is 0 Å². The normalized spacial score (nSPS) is 12.3. The Morgan fingerprint density at radius 3 is 3.06 bits per heavy atom. The highest BCUT2D eigenvalue weighted by Crippen LogP contribution is 2.03. The van der Waals surface area contributed by atoms with Crippen molar-refractivity contribution in [3.05, 3.63) is 36.0 Å². The van der Waals surface area contributed by atoms with Gasteiger partial charge < -0.3 is 9.84 Å². The molecule has 1 atom stereocenters. The number of hydrogen-bond donors (Lipinski definition) is 1. The van der Waals surface area contributed by atoms with Crippen LogP contribution in [-0.2, 0) is 17.9 Å². The van der Waals surface area contributed by atoms with Gasteiger partial charge in [0.2, 0.25) is 5.91 Å². The van der Waals surface area contributed by atoms with Gasteiger partial charge in [0.1, 0.15) is 0 Å². The summed E-state index contributed by atoms with van der Waals surface area (Å²) in [5.41, 5.74) is 0.809. The average Bonchev–Trinajstić information content (AvgIpc) is 2.97. The third kappa shape index (κ3) is 3.19. The van der Waals surface area contributed by atoms with Gasteiger partial charge in [-0.05, 0) is 13.0 Å². The monoisotopic (exact) mass is 248 g/mol. The summed E-state index contributed by atoms with van der Waals surface area (Å²) in [6.07, 6.45) is 3.53. The highest BCUT2D eigenvalue weighted by atomic mass is 16.5. The van der Waals surface area contributed by atoms with Crippen LogP contribution in [0.2, 0.25) is 0 Å². The van der Waals surface area contributed by atoms with Crippen molar-refractivity contribution in [1.29, 1.82) is 0 Å². The maximum absolute atomic E-state index is 11.8. The molecule has 0 aliphatic carbocycles. The van der Waals surface area contributed by atoms with E-state index in [2.05, 4.69) is 15.6 Å². The second-order valence-electron chi connectivity index (χ2n) is 4.28. The van der Waals surface area contributed by atoms with E-state index in [1.54, 1.807) is 16.9 Å². The fourth-order valence-electron chi connectivity index (χ4n) is 1.62. The molecule has 18 heavy (non-hydrogen) atoms. The van der Waals surface area contributed by atoms with Crippen LogP contribution in [0.15, 0.2) is 29.0 Å². The Labute approximate surface area is 105 Å². The Morgan fingerprint density at radius 1 is 1.61 bits per heavy atom. The van der Waals surface area contributed by atoms with Crippen molar-refractivity contribution < 1.29 is 9.32 Å². The molecule has 1 amide bonds. The lowest BCUT2D eigenvalue weighted by molar-refractivity contribution is -0.125. The first-order valence-corrected chi connectivity index (χ1v) is 5.82. The third-order valence-corrected chi connectivity index (χ3v) is 2.58. The van der Waals surface area contributed by atoms with Gasteiger partial charge in [0.15, 0.2) is 5.76 Å². The number of amides is 1. The van der Waals surface area contributed by atoms with Crippen LogP contribution >= 0.6 is 0 Å². The summed E-state index contributed by atoms with van der Waals surface area (Å²) in [7, 11) is 0. The molecule has 2 aromatic heterocycles. The van der Waals surface area contributed by atoms with Gasteiger partial charge in [-0.3, -0.25) is 9.48 Å². The van der Waals surface area contributed by atoms with Gasteiger partial charge in [0.05, 0.1) is 24.7 Å². The Morgan fingerprint density at radius 2 is 2.44 bits per heavy atom. The van der Waals surface area contributed by atoms with Crippen molar-refractivity contribution in [2.75, 3.05) is 0 Å². The van der Waals surface area contributed by atoms with Crippen LogP contribution in [0.3, 0.4) is 0 Å². The number of nitrogens with one attached hydrogen (secondary N) is 1. The summed E-state index contributed by atoms with van der Waals surface area (Å²) >= 11 is 0. The first-order chi connectivity index (χ1) is 8.65. The second kappa shape index (κ2) is 5.48. The fourth-order valence-corrected chi connectivity index (χ4v) is 1.62. The van der Waals surface area contributed by atoms with Gasteiger partial charge in [0.25, 0.3) is 0 Å². The van der Waals surface area contributed by atoms with Crippen LogP contribution in [0.25, 0.3) is 0 Å². The molecule has 0 saturated carbocycles. The van der Waals surface area contributed by atoms with Crippen molar-refractivity contribution in [3.8, 4) is 0 Å². The molecule has 96 valence electrons. The minimum atomic E-state index is -0.145. The quantitative estimate of drug-likeness (QED) is 0.861. The van der Waals surface area contributed by atoms with E-state index in [0.29, 0.717) is 18.8 Å². The topological polar surface area (TPSA) is 73.0 Å². The van der Waals surface area contributed by atoms with Crippen molar-refractivity contribution >= 4 is 5.91 Å². The molecule has 1 N–H and O–H groups in total. The van der Waals surface area contributed by atoms with Crippen LogP contribution < -0.4 is 5.32 Å². The molecule has 0 aromatic carbocycles. The lowest BCUT2D eigenvalue weighted by atomic mass is 10.1. The summed E-state index contributed by atoms with van der Waals surface area (Å²) < 4.78 is 6.76. The Hall–Kier alpha value is -2.11. The van der Waals surface area contributed by atoms with E-state index in [0.717, 1.165) is 5.69 Å². The molecule has 6 nitrogen and oxygen atoms in total. The summed E-state index contributed by atoms with van der Waals surface area (Å²) in [5, 5.41) is 10.6. The van der Waals surface area contributed by atoms with Gasteiger partial charge in [0, 0.05) is 18.5 Å². The zero-order chi connectivity index (χ0) is 13.0. The maximum atomic E-state index is 11.8. The van der Waals surface area contributed by atoms with E-state index < -0.39 is 0 Å². The molecule has 0 bridgehead atoms. The van der Waals surface area contributed by atoms with Crippen molar-refractivity contribution in [3.63, 3.8) is 0 Å². The molecule has 0 aliphatic heterocycles. The molecule has 0 fully saturated rings. The molecule has 0 spiro atoms. The van der Waals surface area contributed by atoms with Crippen LogP contribution in [0.4, 0.5) is 0 Å². The molecule has 0 aliphatic rings. The SMILES string of the molecule is Cc1cc(CNC(=O)[C@H](C)Cn2cccn2)on1. The minimum absolute atomic E-state index is 0.0282. The number of hydrogen-bond acceptors (Lipinski definition) is 4. The first-order valence-electron chi connectivity index (χ1n) is 5.82. The van der Waals surface area contributed by atoms with Crippen molar-refractivity contribution in [1.82, 2.24) is 20.3 Å². The lowest BCUT2D eigenvalue weighted by Crippen LogP contribution is -2.31. The van der Waals surface area contributed by atoms with Gasteiger partial charge in [-0.15, -0.1) is 0 Å². The molecule has 2 aromatic rings. The zero-order valence-corrected chi connectivity index (χ0v) is 10.5. The van der Waals surface area contributed by atoms with Gasteiger partial charge in [-0.2, -0.15) is 5.10 Å². The van der Waals surface area contributed by atoms with Gasteiger partial charge >= 0.3 is 0 Å². The largest absolute Gasteiger partial charge is 0.359 e. The van der Waals surface area contributed by atoms with Gasteiger partial charge in [-0.25, -0.2) is 0 Å².